The first-order chi connectivity index (χ1) is 15.2. The van der Waals surface area contributed by atoms with Gasteiger partial charge in [0.15, 0.2) is 6.20 Å². The van der Waals surface area contributed by atoms with Gasteiger partial charge in [-0.2, -0.15) is 0 Å². The summed E-state index contributed by atoms with van der Waals surface area (Å²) in [6.07, 6.45) is -7.56. The van der Waals surface area contributed by atoms with Crippen LogP contribution in [0.25, 0.3) is 0 Å². The molecule has 3 N–H and O–H groups in total. The Morgan fingerprint density at radius 2 is 2.27 bits per heavy atom. The van der Waals surface area contributed by atoms with Crippen molar-refractivity contribution in [1.82, 2.24) is 9.55 Å². The van der Waals surface area contributed by atoms with E-state index in [0.717, 1.165) is 30.5 Å². The number of fused-ring (bicyclic) bond motifs is 1. The zero-order valence-electron chi connectivity index (χ0n) is 17.7. The number of hydrogen-bond acceptors (Lipinski definition) is 9. The summed E-state index contributed by atoms with van der Waals surface area (Å²) in [5.74, 6) is -4.90. The van der Waals surface area contributed by atoms with Crippen LogP contribution in [-0.2, 0) is 25.0 Å². The number of aromatic amines is 1. The van der Waals surface area contributed by atoms with Gasteiger partial charge in [0.05, 0.1) is 10.7 Å². The molecule has 4 rings (SSSR count). The number of phosphoric acid groups is 1. The normalized spacial score (nSPS) is 37.5. The number of nitrogens with zero attached hydrogens (tertiary/aromatic N) is 1. The number of aliphatic hydroxyl groups excluding tert-OH is 2. The summed E-state index contributed by atoms with van der Waals surface area (Å²) < 4.78 is 85.4. The van der Waals surface area contributed by atoms with Crippen molar-refractivity contribution in [2.24, 2.45) is 0 Å². The Balaban J connectivity index is 1.66. The van der Waals surface area contributed by atoms with Crippen molar-refractivity contribution in [2.75, 3.05) is 6.56 Å². The van der Waals surface area contributed by atoms with E-state index in [1.54, 1.807) is 0 Å². The Kier molecular flexibility index (Phi) is 4.48. The smallest absolute Gasteiger partial charge is 0.404 e. The summed E-state index contributed by atoms with van der Waals surface area (Å²) in [7, 11) is -4.91. The third kappa shape index (κ3) is 3.85. The highest BCUT2D eigenvalue weighted by molar-refractivity contribution is 7.71. The van der Waals surface area contributed by atoms with Gasteiger partial charge in [-0.25, -0.2) is 18.1 Å². The van der Waals surface area contributed by atoms with Crippen LogP contribution in [0.3, 0.4) is 0 Å². The van der Waals surface area contributed by atoms with Crippen molar-refractivity contribution in [3.63, 3.8) is 0 Å². The molecule has 5 atom stereocenters. The largest absolute Gasteiger partial charge is 0.530 e. The molecule has 2 aromatic rings. The number of ether oxygens (including phenoxy) is 1. The minimum atomic E-state index is -4.91. The van der Waals surface area contributed by atoms with Gasteiger partial charge in [-0.05, 0) is 24.3 Å². The fourth-order valence-electron chi connectivity index (χ4n) is 2.68. The van der Waals surface area contributed by atoms with E-state index < -0.39 is 56.8 Å². The number of phosphoric ester groups is 1. The molecule has 30 heavy (non-hydrogen) atoms. The van der Waals surface area contributed by atoms with Gasteiger partial charge in [0, 0.05) is 11.8 Å². The van der Waals surface area contributed by atoms with E-state index in [9.17, 15) is 24.0 Å². The molecule has 1 fully saturated rings. The highest BCUT2D eigenvalue weighted by Gasteiger charge is 2.57. The van der Waals surface area contributed by atoms with Gasteiger partial charge in [0.1, 0.15) is 35.0 Å². The van der Waals surface area contributed by atoms with Crippen LogP contribution in [0.4, 0.5) is 8.78 Å². The van der Waals surface area contributed by atoms with Crippen LogP contribution in [-0.4, -0.2) is 44.4 Å². The lowest BCUT2D eigenvalue weighted by Crippen LogP contribution is -2.43. The fraction of sp³-hybridized carbons (Fsp3) is 0.375. The van der Waals surface area contributed by atoms with Crippen LogP contribution < -0.4 is 10.2 Å². The van der Waals surface area contributed by atoms with E-state index in [1.165, 1.54) is 0 Å². The standard InChI is InChI=1S/C16H15F2N2O8PS/c17-9-1-2-10-8(5-9)6-25-29(24,28-10)26-7-16(18)13(22)12(21)14(27-16)20-4-3-11(30)19-15(20)23/h1-5,12-14,21-22H,6-7H2,(H,19,23,30)/t12-,13+,14-,16-,29?/m1/s1/i7D2,14D. The Labute approximate surface area is 176 Å². The number of aromatic nitrogens is 2. The Morgan fingerprint density at radius 1 is 1.50 bits per heavy atom. The lowest BCUT2D eigenvalue weighted by Gasteiger charge is -2.28. The number of benzene rings is 1. The molecule has 0 saturated carbocycles. The molecule has 2 aliphatic rings. The molecular formula is C16H15F2N2O8PS. The summed E-state index contributed by atoms with van der Waals surface area (Å²) in [4.78, 5) is 14.2. The van der Waals surface area contributed by atoms with E-state index in [4.69, 9.17) is 30.1 Å². The van der Waals surface area contributed by atoms with E-state index in [-0.39, 0.29) is 16.0 Å². The molecule has 10 nitrogen and oxygen atoms in total. The summed E-state index contributed by atoms with van der Waals surface area (Å²) in [6, 6.07) is 4.12. The van der Waals surface area contributed by atoms with Gasteiger partial charge in [-0.3, -0.25) is 18.6 Å². The molecule has 0 amide bonds. The summed E-state index contributed by atoms with van der Waals surface area (Å²) in [5.41, 5.74) is -1.02. The first kappa shape index (κ1) is 17.7. The number of H-pyrrole nitrogens is 1. The maximum Gasteiger partial charge on any atom is 0.530 e. The second-order valence-electron chi connectivity index (χ2n) is 6.21. The number of nitrogens with one attached hydrogen (secondary N) is 1. The van der Waals surface area contributed by atoms with Crippen molar-refractivity contribution in [2.45, 2.75) is 30.9 Å². The van der Waals surface area contributed by atoms with Crippen LogP contribution in [0.5, 0.6) is 5.75 Å². The van der Waals surface area contributed by atoms with Gasteiger partial charge in [0.2, 0.25) is 0 Å². The average Bonchev–Trinajstić information content (AvgIpc) is 2.89. The first-order valence-corrected chi connectivity index (χ1v) is 10.1. The molecule has 0 radical (unpaired) electrons. The fourth-order valence-corrected chi connectivity index (χ4v) is 3.93. The average molecular weight is 467 g/mol. The second-order valence-corrected chi connectivity index (χ2v) is 8.17. The van der Waals surface area contributed by atoms with Crippen LogP contribution in [0.2, 0.25) is 0 Å². The van der Waals surface area contributed by atoms with Gasteiger partial charge < -0.3 is 19.5 Å². The third-order valence-corrected chi connectivity index (χ3v) is 5.57. The van der Waals surface area contributed by atoms with E-state index >= 15 is 4.39 Å². The second kappa shape index (κ2) is 7.61. The van der Waals surface area contributed by atoms with Crippen molar-refractivity contribution in [3.8, 4) is 5.75 Å². The molecule has 3 heterocycles. The predicted molar refractivity (Wildman–Crippen MR) is 97.2 cm³/mol. The Hall–Kier alpha value is -1.99. The van der Waals surface area contributed by atoms with Crippen LogP contribution in [0, 0.1) is 10.5 Å². The lowest BCUT2D eigenvalue weighted by molar-refractivity contribution is -0.205. The molecule has 1 unspecified atom stereocenters. The minimum absolute atomic E-state index is 0.0667. The highest BCUT2D eigenvalue weighted by Crippen LogP contribution is 2.55. The molecule has 0 bridgehead atoms. The number of aliphatic hydroxyl groups is 2. The summed E-state index contributed by atoms with van der Waals surface area (Å²) in [6.45, 7) is -4.42. The first-order valence-electron chi connectivity index (χ1n) is 9.72. The van der Waals surface area contributed by atoms with Gasteiger partial charge in [0.25, 0.3) is 5.85 Å². The van der Waals surface area contributed by atoms with Gasteiger partial charge >= 0.3 is 13.5 Å². The maximum atomic E-state index is 15.7. The molecule has 1 aromatic carbocycles. The Morgan fingerprint density at radius 3 is 3.00 bits per heavy atom. The highest BCUT2D eigenvalue weighted by atomic mass is 32.1. The molecule has 0 spiro atoms. The summed E-state index contributed by atoms with van der Waals surface area (Å²) >= 11 is 4.75. The van der Waals surface area contributed by atoms with Crippen molar-refractivity contribution < 1.29 is 46.0 Å². The molecular weight excluding hydrogens is 449 g/mol. The van der Waals surface area contributed by atoms with Crippen LogP contribution in [0.1, 0.15) is 15.9 Å². The lowest BCUT2D eigenvalue weighted by atomic mass is 10.1. The van der Waals surface area contributed by atoms with E-state index in [0.29, 0.717) is 4.57 Å². The number of rotatable bonds is 4. The van der Waals surface area contributed by atoms with E-state index in [2.05, 4.69) is 9.51 Å². The number of alkyl halides is 1. The van der Waals surface area contributed by atoms with Gasteiger partial charge in [-0.1, -0.05) is 12.2 Å². The molecule has 14 heteroatoms. The van der Waals surface area contributed by atoms with Crippen molar-refractivity contribution in [1.29, 1.82) is 0 Å². The van der Waals surface area contributed by atoms with Crippen molar-refractivity contribution in [3.05, 3.63) is 57.0 Å². The molecule has 1 saturated heterocycles. The SMILES string of the molecule is [2H]C([2H])(OP1(=O)OCc2cc(F)ccc2O1)[C@@]1(F)O[C@@]([2H])(n2ccc(=S)[nH]c2=O)[C@H](O)[C@@H]1O. The number of hydrogen-bond donors (Lipinski definition) is 3. The zero-order valence-corrected chi connectivity index (χ0v) is 16.4. The topological polar surface area (TPSA) is 132 Å². The molecule has 1 aromatic heterocycles. The van der Waals surface area contributed by atoms with Gasteiger partial charge in [-0.15, -0.1) is 0 Å². The van der Waals surface area contributed by atoms with Crippen LogP contribution >= 0.6 is 20.0 Å². The minimum Gasteiger partial charge on any atom is -0.404 e. The summed E-state index contributed by atoms with van der Waals surface area (Å²) in [5, 5.41) is 20.5. The monoisotopic (exact) mass is 467 g/mol. The zero-order chi connectivity index (χ0) is 24.4. The predicted octanol–water partition coefficient (Wildman–Crippen LogP) is 1.70. The number of halogens is 2. The molecule has 0 aliphatic carbocycles. The maximum absolute atomic E-state index is 15.7. The van der Waals surface area contributed by atoms with E-state index in [1.807, 2.05) is 0 Å². The quantitative estimate of drug-likeness (QED) is 0.454. The Bertz CT molecular complexity index is 1280. The van der Waals surface area contributed by atoms with Crippen LogP contribution in [0.15, 0.2) is 35.3 Å². The van der Waals surface area contributed by atoms with Crippen molar-refractivity contribution >= 4 is 20.0 Å². The molecule has 2 aliphatic heterocycles. The third-order valence-electron chi connectivity index (χ3n) is 4.15. The molecule has 162 valence electrons.